The van der Waals surface area contributed by atoms with Crippen molar-refractivity contribution in [1.82, 2.24) is 15.5 Å². The fraction of sp³-hybridized carbons (Fsp3) is 0.571. The minimum Gasteiger partial charge on any atom is -0.462 e. The summed E-state index contributed by atoms with van der Waals surface area (Å²) in [6.07, 6.45) is 16.8. The van der Waals surface area contributed by atoms with Crippen LogP contribution in [0.4, 0.5) is 0 Å². The Hall–Kier alpha value is -2.78. The number of unbranched alkanes of at least 4 members (excludes halogenated alkanes) is 7. The molecule has 0 aromatic rings. The van der Waals surface area contributed by atoms with Crippen LogP contribution in [0.3, 0.4) is 0 Å². The normalized spacial score (nSPS) is 17.4. The molecule has 0 aliphatic carbocycles. The molecule has 1 saturated heterocycles. The van der Waals surface area contributed by atoms with Gasteiger partial charge in [-0.1, -0.05) is 57.4 Å². The third-order valence-corrected chi connectivity index (χ3v) is 6.13. The first-order valence-corrected chi connectivity index (χ1v) is 12.5. The van der Waals surface area contributed by atoms with Gasteiger partial charge in [-0.15, -0.1) is 0 Å². The van der Waals surface area contributed by atoms with E-state index < -0.39 is 0 Å². The fourth-order valence-corrected chi connectivity index (χ4v) is 4.15. The van der Waals surface area contributed by atoms with E-state index in [2.05, 4.69) is 29.7 Å². The van der Waals surface area contributed by atoms with Crippen molar-refractivity contribution in [2.45, 2.75) is 90.1 Å². The fourth-order valence-electron chi connectivity index (χ4n) is 4.15. The predicted molar refractivity (Wildman–Crippen MR) is 139 cm³/mol. The third kappa shape index (κ3) is 10.4. The molecule has 1 fully saturated rings. The van der Waals surface area contributed by atoms with Gasteiger partial charge < -0.3 is 25.4 Å². The average molecular weight is 470 g/mol. The Kier molecular flexibility index (Phi) is 14.4. The Balaban J connectivity index is 2.59. The number of allylic oxidation sites excluding steroid dienone is 2. The maximum absolute atomic E-state index is 13.3. The van der Waals surface area contributed by atoms with Gasteiger partial charge in [0.25, 0.3) is 5.91 Å². The molecule has 0 saturated carbocycles. The zero-order chi connectivity index (χ0) is 25.3. The number of nitrogens with one attached hydrogen (secondary N) is 2. The topological polar surface area (TPSA) is 81.7 Å². The van der Waals surface area contributed by atoms with Crippen molar-refractivity contribution < 1.29 is 14.7 Å². The lowest BCUT2D eigenvalue weighted by atomic mass is 9.98. The quantitative estimate of drug-likeness (QED) is 0.106. The summed E-state index contributed by atoms with van der Waals surface area (Å²) in [5.41, 5.74) is 2.65. The molecule has 0 spiro atoms. The van der Waals surface area contributed by atoms with Crippen LogP contribution in [0.15, 0.2) is 47.9 Å². The minimum atomic E-state index is -0.155. The molecule has 2 atom stereocenters. The number of aliphatic hydroxyl groups excluding tert-OH is 1. The van der Waals surface area contributed by atoms with Gasteiger partial charge in [-0.2, -0.15) is 0 Å². The summed E-state index contributed by atoms with van der Waals surface area (Å²) >= 11 is 0. The number of likely N-dealkylation sites (N-methyl/N-ethyl adjacent to an activating group) is 1. The molecule has 0 bridgehead atoms. The Morgan fingerprint density at radius 3 is 2.47 bits per heavy atom. The first kappa shape index (κ1) is 29.3. The molecule has 188 valence electrons. The van der Waals surface area contributed by atoms with Crippen LogP contribution < -0.4 is 10.6 Å². The second-order valence-electron chi connectivity index (χ2n) is 8.92. The van der Waals surface area contributed by atoms with Crippen molar-refractivity contribution in [3.63, 3.8) is 0 Å². The molecule has 2 unspecified atom stereocenters. The van der Waals surface area contributed by atoms with Crippen LogP contribution in [0.1, 0.15) is 78.1 Å². The Morgan fingerprint density at radius 2 is 1.88 bits per heavy atom. The lowest BCUT2D eigenvalue weighted by molar-refractivity contribution is -0.127. The van der Waals surface area contributed by atoms with Gasteiger partial charge in [-0.25, -0.2) is 0 Å². The van der Waals surface area contributed by atoms with E-state index in [1.165, 1.54) is 19.3 Å². The summed E-state index contributed by atoms with van der Waals surface area (Å²) in [5.74, 6) is 2.54. The monoisotopic (exact) mass is 469 g/mol. The molecule has 3 N–H and O–H groups in total. The summed E-state index contributed by atoms with van der Waals surface area (Å²) in [4.78, 5) is 25.3. The number of aldehydes is 1. The minimum absolute atomic E-state index is 0.00174. The van der Waals surface area contributed by atoms with Gasteiger partial charge in [0.05, 0.1) is 11.6 Å². The largest absolute Gasteiger partial charge is 0.462 e. The van der Waals surface area contributed by atoms with Crippen LogP contribution in [0.25, 0.3) is 0 Å². The number of piperidine rings is 1. The van der Waals surface area contributed by atoms with Gasteiger partial charge in [-0.3, -0.25) is 4.79 Å². The standard InChI is InChI=1S/C28H43N3O3/c1-6-26(28(34)31(5)27-16-15-22(2)30-24(27)4)25(17-20-33)21-23(3)29-18-13-11-9-7-8-10-12-14-19-32/h6,19,21,23,27,29-30,33H,2,4,7-16,18H2,1,3,5H3/b25-21-,26-6+. The van der Waals surface area contributed by atoms with Crippen molar-refractivity contribution in [3.05, 3.63) is 47.9 Å². The second kappa shape index (κ2) is 16.8. The van der Waals surface area contributed by atoms with Crippen LogP contribution >= 0.6 is 0 Å². The van der Waals surface area contributed by atoms with Crippen molar-refractivity contribution in [3.8, 4) is 12.0 Å². The van der Waals surface area contributed by atoms with E-state index in [9.17, 15) is 14.7 Å². The van der Waals surface area contributed by atoms with Gasteiger partial charge in [-0.05, 0) is 52.0 Å². The molecule has 1 aliphatic rings. The summed E-state index contributed by atoms with van der Waals surface area (Å²) in [6, 6.07) is -0.126. The molecule has 0 aromatic heterocycles. The van der Waals surface area contributed by atoms with Crippen molar-refractivity contribution >= 4 is 12.2 Å². The maximum atomic E-state index is 13.3. The molecule has 34 heavy (non-hydrogen) atoms. The third-order valence-electron chi connectivity index (χ3n) is 6.13. The Morgan fingerprint density at radius 1 is 1.24 bits per heavy atom. The first-order chi connectivity index (χ1) is 16.3. The molecular formula is C28H43N3O3. The van der Waals surface area contributed by atoms with Gasteiger partial charge in [0.1, 0.15) is 12.4 Å². The smallest absolute Gasteiger partial charge is 0.255 e. The van der Waals surface area contributed by atoms with E-state index in [0.717, 1.165) is 62.7 Å². The number of amides is 1. The van der Waals surface area contributed by atoms with Crippen molar-refractivity contribution in [2.24, 2.45) is 0 Å². The average Bonchev–Trinajstić information content (AvgIpc) is 2.80. The molecule has 6 heteroatoms. The summed E-state index contributed by atoms with van der Waals surface area (Å²) in [6.45, 7) is 12.7. The zero-order valence-corrected chi connectivity index (χ0v) is 21.3. The van der Waals surface area contributed by atoms with Gasteiger partial charge in [0, 0.05) is 36.5 Å². The van der Waals surface area contributed by atoms with E-state index in [4.69, 9.17) is 0 Å². The Labute approximate surface area is 206 Å². The lowest BCUT2D eigenvalue weighted by Gasteiger charge is -2.35. The summed E-state index contributed by atoms with van der Waals surface area (Å²) < 4.78 is 0. The van der Waals surface area contributed by atoms with Crippen LogP contribution in [0.2, 0.25) is 0 Å². The molecule has 0 aromatic carbocycles. The number of rotatable bonds is 15. The van der Waals surface area contributed by atoms with Crippen LogP contribution in [-0.4, -0.2) is 47.9 Å². The molecule has 1 amide bonds. The van der Waals surface area contributed by atoms with Crippen molar-refractivity contribution in [2.75, 3.05) is 13.6 Å². The summed E-state index contributed by atoms with van der Waals surface area (Å²) in [7, 11) is 1.77. The molecular weight excluding hydrogens is 426 g/mol. The molecule has 1 aliphatic heterocycles. The zero-order valence-electron chi connectivity index (χ0n) is 21.3. The highest BCUT2D eigenvalue weighted by Gasteiger charge is 2.28. The number of nitrogens with zero attached hydrogens (tertiary/aromatic N) is 1. The number of carbonyl (C=O) groups is 2. The van der Waals surface area contributed by atoms with E-state index in [1.807, 2.05) is 19.1 Å². The molecule has 6 nitrogen and oxygen atoms in total. The molecule has 1 heterocycles. The van der Waals surface area contributed by atoms with Crippen LogP contribution in [-0.2, 0) is 9.59 Å². The van der Waals surface area contributed by atoms with Crippen LogP contribution in [0, 0.1) is 12.0 Å². The second-order valence-corrected chi connectivity index (χ2v) is 8.92. The predicted octanol–water partition coefficient (Wildman–Crippen LogP) is 4.73. The molecule has 1 rings (SSSR count). The van der Waals surface area contributed by atoms with E-state index in [1.54, 1.807) is 24.9 Å². The van der Waals surface area contributed by atoms with E-state index in [0.29, 0.717) is 17.6 Å². The van der Waals surface area contributed by atoms with Crippen LogP contribution in [0.5, 0.6) is 0 Å². The van der Waals surface area contributed by atoms with Gasteiger partial charge >= 0.3 is 0 Å². The summed E-state index contributed by atoms with van der Waals surface area (Å²) in [5, 5.41) is 15.9. The lowest BCUT2D eigenvalue weighted by Crippen LogP contribution is -2.44. The van der Waals surface area contributed by atoms with Crippen molar-refractivity contribution in [1.29, 1.82) is 0 Å². The van der Waals surface area contributed by atoms with E-state index >= 15 is 0 Å². The maximum Gasteiger partial charge on any atom is 0.255 e. The van der Waals surface area contributed by atoms with E-state index in [-0.39, 0.29) is 18.0 Å². The SMILES string of the molecule is C=C1CCC(N(C)C(=O)C(=C/C)/C(C#CO)=C\C(C)NCCCCCCCCCC=O)C(=C)N1. The highest BCUT2D eigenvalue weighted by molar-refractivity contribution is 5.99. The Bertz CT molecular complexity index is 816. The highest BCUT2D eigenvalue weighted by Crippen LogP contribution is 2.24. The van der Waals surface area contributed by atoms with Gasteiger partial charge in [0.15, 0.2) is 0 Å². The number of carbonyl (C=O) groups excluding carboxylic acids is 2. The first-order valence-electron chi connectivity index (χ1n) is 12.5. The molecule has 0 radical (unpaired) electrons. The number of hydrogen-bond donors (Lipinski definition) is 3. The van der Waals surface area contributed by atoms with Gasteiger partial charge in [0.2, 0.25) is 0 Å². The number of aliphatic hydroxyl groups is 1. The highest BCUT2D eigenvalue weighted by atomic mass is 16.2. The number of hydrogen-bond acceptors (Lipinski definition) is 5.